The summed E-state index contributed by atoms with van der Waals surface area (Å²) in [5, 5.41) is 11.1. The highest BCUT2D eigenvalue weighted by Crippen LogP contribution is 2.34. The van der Waals surface area contributed by atoms with E-state index in [1.165, 1.54) is 12.1 Å². The van der Waals surface area contributed by atoms with Gasteiger partial charge in [-0.2, -0.15) is 0 Å². The molecule has 0 atom stereocenters. The summed E-state index contributed by atoms with van der Waals surface area (Å²) < 4.78 is 17.1. The molecule has 0 spiro atoms. The summed E-state index contributed by atoms with van der Waals surface area (Å²) in [6.45, 7) is 7.31. The van der Waals surface area contributed by atoms with Gasteiger partial charge in [-0.1, -0.05) is 18.2 Å². The van der Waals surface area contributed by atoms with Crippen molar-refractivity contribution in [3.8, 4) is 11.5 Å². The summed E-state index contributed by atoms with van der Waals surface area (Å²) >= 11 is 0. The Labute approximate surface area is 210 Å². The summed E-state index contributed by atoms with van der Waals surface area (Å²) in [4.78, 5) is 17.6. The minimum Gasteiger partial charge on any atom is -0.493 e. The molecule has 1 heterocycles. The van der Waals surface area contributed by atoms with Gasteiger partial charge in [0.2, 0.25) is 0 Å². The molecule has 8 nitrogen and oxygen atoms in total. The van der Waals surface area contributed by atoms with Crippen molar-refractivity contribution in [1.29, 1.82) is 0 Å². The average molecular weight is 488 g/mol. The monoisotopic (exact) mass is 487 g/mol. The molecule has 0 saturated carbocycles. The summed E-state index contributed by atoms with van der Waals surface area (Å²) in [6, 6.07) is 18.4. The van der Waals surface area contributed by atoms with Crippen LogP contribution in [0.1, 0.15) is 16.7 Å². The van der Waals surface area contributed by atoms with E-state index in [0.717, 1.165) is 48.8 Å². The molecule has 0 aromatic heterocycles. The number of hydrogen-bond acceptors (Lipinski definition) is 7. The summed E-state index contributed by atoms with van der Waals surface area (Å²) in [7, 11) is 1.58. The van der Waals surface area contributed by atoms with Crippen molar-refractivity contribution in [1.82, 2.24) is 0 Å². The fourth-order valence-electron chi connectivity index (χ4n) is 4.02. The molecule has 3 aromatic rings. The van der Waals surface area contributed by atoms with E-state index in [9.17, 15) is 10.1 Å². The third-order valence-electron chi connectivity index (χ3n) is 5.83. The molecule has 3 aromatic carbocycles. The molecule has 0 radical (unpaired) electrons. The molecule has 36 heavy (non-hydrogen) atoms. The Morgan fingerprint density at radius 2 is 1.92 bits per heavy atom. The molecule has 1 fully saturated rings. The number of nitro benzene ring substituents is 1. The van der Waals surface area contributed by atoms with Crippen LogP contribution in [-0.2, 0) is 17.8 Å². The normalized spacial score (nSPS) is 13.5. The van der Waals surface area contributed by atoms with Crippen LogP contribution in [-0.4, -0.2) is 44.6 Å². The first-order valence-electron chi connectivity index (χ1n) is 11.7. The van der Waals surface area contributed by atoms with Gasteiger partial charge in [-0.3, -0.25) is 15.1 Å². The molecule has 0 N–H and O–H groups in total. The Morgan fingerprint density at radius 1 is 1.14 bits per heavy atom. The maximum Gasteiger partial charge on any atom is 0.269 e. The molecule has 8 heteroatoms. The van der Waals surface area contributed by atoms with Gasteiger partial charge in [0.05, 0.1) is 30.9 Å². The zero-order valence-corrected chi connectivity index (χ0v) is 20.3. The molecule has 0 aliphatic carbocycles. The summed E-state index contributed by atoms with van der Waals surface area (Å²) in [5.41, 5.74) is 4.49. The van der Waals surface area contributed by atoms with Gasteiger partial charge in [-0.05, 0) is 53.9 Å². The van der Waals surface area contributed by atoms with Crippen molar-refractivity contribution in [3.63, 3.8) is 0 Å². The number of rotatable bonds is 10. The van der Waals surface area contributed by atoms with Crippen molar-refractivity contribution in [2.45, 2.75) is 13.0 Å². The predicted octanol–water partition coefficient (Wildman–Crippen LogP) is 5.50. The number of nitrogens with zero attached hydrogens (tertiary/aromatic N) is 3. The standard InChI is InChI=1S/C28H29N3O5/c1-3-5-23-16-22(19-29-24-8-10-25(11-9-24)30-12-14-35-15-13-30)18-27(34-2)28(23)36-20-21-6-4-7-26(17-21)31(32)33/h3-4,6-11,16-19H,1,5,12-15,20H2,2H3. The minimum absolute atomic E-state index is 0.0268. The topological polar surface area (TPSA) is 86.4 Å². The highest BCUT2D eigenvalue weighted by Gasteiger charge is 2.14. The first kappa shape index (κ1) is 24.9. The van der Waals surface area contributed by atoms with Crippen molar-refractivity contribution in [2.24, 2.45) is 4.99 Å². The average Bonchev–Trinajstić information content (AvgIpc) is 2.92. The van der Waals surface area contributed by atoms with E-state index in [2.05, 4.69) is 28.6 Å². The molecule has 1 aliphatic heterocycles. The van der Waals surface area contributed by atoms with E-state index < -0.39 is 4.92 Å². The van der Waals surface area contributed by atoms with E-state index in [0.29, 0.717) is 23.5 Å². The van der Waals surface area contributed by atoms with Crippen LogP contribution in [0.2, 0.25) is 0 Å². The Kier molecular flexibility index (Phi) is 8.31. The first-order chi connectivity index (χ1) is 17.6. The molecule has 1 saturated heterocycles. The van der Waals surface area contributed by atoms with Crippen LogP contribution in [0.3, 0.4) is 0 Å². The number of non-ortho nitro benzene ring substituents is 1. The van der Waals surface area contributed by atoms with Gasteiger partial charge in [0.15, 0.2) is 11.5 Å². The number of allylic oxidation sites excluding steroid dienone is 1. The van der Waals surface area contributed by atoms with Gasteiger partial charge >= 0.3 is 0 Å². The fourth-order valence-corrected chi connectivity index (χ4v) is 4.02. The van der Waals surface area contributed by atoms with E-state index in [-0.39, 0.29) is 12.3 Å². The van der Waals surface area contributed by atoms with E-state index in [1.807, 2.05) is 24.3 Å². The zero-order chi connectivity index (χ0) is 25.3. The van der Waals surface area contributed by atoms with Crippen LogP contribution in [0.4, 0.5) is 17.1 Å². The maximum absolute atomic E-state index is 11.1. The lowest BCUT2D eigenvalue weighted by molar-refractivity contribution is -0.384. The van der Waals surface area contributed by atoms with E-state index >= 15 is 0 Å². The first-order valence-corrected chi connectivity index (χ1v) is 11.7. The zero-order valence-electron chi connectivity index (χ0n) is 20.3. The number of nitro groups is 1. The molecule has 186 valence electrons. The summed E-state index contributed by atoms with van der Waals surface area (Å²) in [5.74, 6) is 1.14. The van der Waals surface area contributed by atoms with Gasteiger partial charge in [0.25, 0.3) is 5.69 Å². The Bertz CT molecular complexity index is 1230. The number of benzene rings is 3. The lowest BCUT2D eigenvalue weighted by Gasteiger charge is -2.28. The third-order valence-corrected chi connectivity index (χ3v) is 5.83. The Morgan fingerprint density at radius 3 is 2.61 bits per heavy atom. The second-order valence-corrected chi connectivity index (χ2v) is 8.29. The van der Waals surface area contributed by atoms with Crippen LogP contribution in [0.5, 0.6) is 11.5 Å². The van der Waals surface area contributed by atoms with Crippen molar-refractivity contribution in [2.75, 3.05) is 38.3 Å². The van der Waals surface area contributed by atoms with Crippen molar-refractivity contribution in [3.05, 3.63) is 100 Å². The Balaban J connectivity index is 1.52. The number of anilines is 1. The quantitative estimate of drug-likeness (QED) is 0.162. The molecule has 4 rings (SSSR count). The smallest absolute Gasteiger partial charge is 0.269 e. The van der Waals surface area contributed by atoms with Gasteiger partial charge in [0, 0.05) is 42.7 Å². The second kappa shape index (κ2) is 12.0. The number of ether oxygens (including phenoxy) is 3. The second-order valence-electron chi connectivity index (χ2n) is 8.29. The van der Waals surface area contributed by atoms with Crippen molar-refractivity contribution >= 4 is 23.3 Å². The fraction of sp³-hybridized carbons (Fsp3) is 0.250. The lowest BCUT2D eigenvalue weighted by atomic mass is 10.1. The van der Waals surface area contributed by atoms with Gasteiger partial charge in [-0.15, -0.1) is 6.58 Å². The number of morpholine rings is 1. The lowest BCUT2D eigenvalue weighted by Crippen LogP contribution is -2.36. The molecule has 0 amide bonds. The summed E-state index contributed by atoms with van der Waals surface area (Å²) in [6.07, 6.45) is 4.15. The third kappa shape index (κ3) is 6.28. The maximum atomic E-state index is 11.1. The minimum atomic E-state index is -0.419. The Hall–Kier alpha value is -4.17. The number of aliphatic imine (C=N–C) groups is 1. The van der Waals surface area contributed by atoms with Crippen molar-refractivity contribution < 1.29 is 19.1 Å². The van der Waals surface area contributed by atoms with E-state index in [4.69, 9.17) is 14.2 Å². The molecule has 1 aliphatic rings. The highest BCUT2D eigenvalue weighted by molar-refractivity contribution is 5.84. The highest BCUT2D eigenvalue weighted by atomic mass is 16.6. The number of hydrogen-bond donors (Lipinski definition) is 0. The van der Waals surface area contributed by atoms with Crippen LogP contribution in [0.25, 0.3) is 0 Å². The predicted molar refractivity (Wildman–Crippen MR) is 141 cm³/mol. The SMILES string of the molecule is C=CCc1cc(C=Nc2ccc(N3CCOCC3)cc2)cc(OC)c1OCc1cccc([N+](=O)[O-])c1. The van der Waals surface area contributed by atoms with Crippen LogP contribution in [0.15, 0.2) is 78.3 Å². The molecule has 0 unspecified atom stereocenters. The number of methoxy groups -OCH3 is 1. The van der Waals surface area contributed by atoms with Crippen LogP contribution in [0, 0.1) is 10.1 Å². The van der Waals surface area contributed by atoms with Gasteiger partial charge < -0.3 is 19.1 Å². The molecular weight excluding hydrogens is 458 g/mol. The van der Waals surface area contributed by atoms with Crippen LogP contribution >= 0.6 is 0 Å². The van der Waals surface area contributed by atoms with Gasteiger partial charge in [0.1, 0.15) is 6.61 Å². The molecular formula is C28H29N3O5. The van der Waals surface area contributed by atoms with E-state index in [1.54, 1.807) is 31.5 Å². The van der Waals surface area contributed by atoms with Crippen LogP contribution < -0.4 is 14.4 Å². The van der Waals surface area contributed by atoms with Gasteiger partial charge in [-0.25, -0.2) is 0 Å². The molecule has 0 bridgehead atoms. The largest absolute Gasteiger partial charge is 0.493 e.